The van der Waals surface area contributed by atoms with Crippen LogP contribution < -0.4 is 10.1 Å². The first-order valence-corrected chi connectivity index (χ1v) is 9.22. The second-order valence-corrected chi connectivity index (χ2v) is 6.89. The Balaban J connectivity index is 1.44. The number of para-hydroxylation sites is 1. The van der Waals surface area contributed by atoms with E-state index in [1.807, 2.05) is 0 Å². The number of nitrogens with one attached hydrogen (secondary N) is 1. The van der Waals surface area contributed by atoms with Crippen molar-refractivity contribution in [2.75, 3.05) is 19.8 Å². The molecule has 0 unspecified atom stereocenters. The summed E-state index contributed by atoms with van der Waals surface area (Å²) in [5.41, 5.74) is -1.01. The van der Waals surface area contributed by atoms with E-state index in [0.717, 1.165) is 11.0 Å². The topological polar surface area (TPSA) is 102 Å². The number of amides is 3. The minimum Gasteiger partial charge on any atom is -0.493 e. The Morgan fingerprint density at radius 3 is 2.67 bits per heavy atom. The molecular weight excluding hydrogens is 395 g/mol. The molecule has 9 heteroatoms. The van der Waals surface area contributed by atoms with Gasteiger partial charge in [-0.2, -0.15) is 0 Å². The van der Waals surface area contributed by atoms with Crippen LogP contribution in [0.15, 0.2) is 48.5 Å². The third-order valence-corrected chi connectivity index (χ3v) is 5.08. The molecule has 2 aromatic rings. The molecule has 0 aromatic heterocycles. The van der Waals surface area contributed by atoms with E-state index < -0.39 is 48.2 Å². The Morgan fingerprint density at radius 2 is 1.87 bits per heavy atom. The van der Waals surface area contributed by atoms with E-state index in [0.29, 0.717) is 11.3 Å². The van der Waals surface area contributed by atoms with Gasteiger partial charge in [-0.1, -0.05) is 30.3 Å². The number of imide groups is 1. The summed E-state index contributed by atoms with van der Waals surface area (Å²) < 4.78 is 24.0. The van der Waals surface area contributed by atoms with Crippen molar-refractivity contribution in [3.63, 3.8) is 0 Å². The average Bonchev–Trinajstić information content (AvgIpc) is 2.97. The van der Waals surface area contributed by atoms with Gasteiger partial charge in [0.25, 0.3) is 5.91 Å². The standard InChI is InChI=1S/C21H17FN2O6/c22-15-7-3-1-5-13(15)16(25)12-30-18(26)11-24-19(27)21(23-20(24)28)9-10-29-17-8-4-2-6-14(17)21/h1-8H,9-12H2,(H,23,28)/t21-/m0/s1. The van der Waals surface area contributed by atoms with Crippen LogP contribution >= 0.6 is 0 Å². The summed E-state index contributed by atoms with van der Waals surface area (Å²) in [5, 5.41) is 2.66. The fraction of sp³-hybridized carbons (Fsp3) is 0.238. The van der Waals surface area contributed by atoms with Gasteiger partial charge in [0, 0.05) is 12.0 Å². The van der Waals surface area contributed by atoms with Crippen LogP contribution in [0, 0.1) is 5.82 Å². The zero-order valence-electron chi connectivity index (χ0n) is 15.7. The predicted octanol–water partition coefficient (Wildman–Crippen LogP) is 1.78. The van der Waals surface area contributed by atoms with E-state index in [9.17, 15) is 23.6 Å². The lowest BCUT2D eigenvalue weighted by Crippen LogP contribution is -2.47. The zero-order valence-corrected chi connectivity index (χ0v) is 15.7. The van der Waals surface area contributed by atoms with Gasteiger partial charge in [-0.15, -0.1) is 0 Å². The SMILES string of the molecule is O=C(CN1C(=O)N[C@]2(CCOc3ccccc32)C1=O)OCC(=O)c1ccccc1F. The molecule has 2 aliphatic heterocycles. The number of fused-ring (bicyclic) bond motifs is 2. The Morgan fingerprint density at radius 1 is 1.13 bits per heavy atom. The summed E-state index contributed by atoms with van der Waals surface area (Å²) in [6, 6.07) is 11.4. The van der Waals surface area contributed by atoms with E-state index >= 15 is 0 Å². The fourth-order valence-corrected chi connectivity index (χ4v) is 3.60. The summed E-state index contributed by atoms with van der Waals surface area (Å²) in [7, 11) is 0. The van der Waals surface area contributed by atoms with Crippen LogP contribution in [0.3, 0.4) is 0 Å². The lowest BCUT2D eigenvalue weighted by atomic mass is 9.84. The molecule has 1 N–H and O–H groups in total. The van der Waals surface area contributed by atoms with E-state index in [4.69, 9.17) is 9.47 Å². The molecule has 1 saturated heterocycles. The molecule has 2 aromatic carbocycles. The van der Waals surface area contributed by atoms with E-state index in [2.05, 4.69) is 5.32 Å². The average molecular weight is 412 g/mol. The second kappa shape index (κ2) is 7.58. The van der Waals surface area contributed by atoms with Crippen LogP contribution in [0.1, 0.15) is 22.3 Å². The number of Topliss-reactive ketones (excluding diaryl/α,β-unsaturated/α-hetero) is 1. The van der Waals surface area contributed by atoms with Crippen LogP contribution in [0.2, 0.25) is 0 Å². The molecule has 1 fully saturated rings. The van der Waals surface area contributed by atoms with Gasteiger partial charge in [0.05, 0.1) is 12.2 Å². The minimum atomic E-state index is -1.31. The number of ketones is 1. The molecule has 0 radical (unpaired) electrons. The molecule has 1 atom stereocenters. The van der Waals surface area contributed by atoms with Gasteiger partial charge in [0.2, 0.25) is 5.78 Å². The fourth-order valence-electron chi connectivity index (χ4n) is 3.60. The van der Waals surface area contributed by atoms with Crippen molar-refractivity contribution in [3.8, 4) is 5.75 Å². The van der Waals surface area contributed by atoms with Gasteiger partial charge in [-0.3, -0.25) is 19.3 Å². The van der Waals surface area contributed by atoms with Gasteiger partial charge in [0.15, 0.2) is 12.1 Å². The van der Waals surface area contributed by atoms with Crippen molar-refractivity contribution < 1.29 is 33.0 Å². The number of ether oxygens (including phenoxy) is 2. The number of hydrogen-bond acceptors (Lipinski definition) is 6. The van der Waals surface area contributed by atoms with E-state index in [-0.39, 0.29) is 18.6 Å². The highest BCUT2D eigenvalue weighted by Crippen LogP contribution is 2.40. The van der Waals surface area contributed by atoms with Gasteiger partial charge in [-0.05, 0) is 18.2 Å². The number of carbonyl (C=O) groups is 4. The first-order valence-electron chi connectivity index (χ1n) is 9.22. The third kappa shape index (κ3) is 3.28. The molecule has 8 nitrogen and oxygen atoms in total. The Kier molecular flexibility index (Phi) is 4.94. The van der Waals surface area contributed by atoms with E-state index in [1.54, 1.807) is 24.3 Å². The van der Waals surface area contributed by atoms with Crippen molar-refractivity contribution in [1.82, 2.24) is 10.2 Å². The summed E-state index contributed by atoms with van der Waals surface area (Å²) in [5.74, 6) is -2.53. The Hall–Kier alpha value is -3.75. The quantitative estimate of drug-likeness (QED) is 0.456. The van der Waals surface area contributed by atoms with Crippen molar-refractivity contribution >= 4 is 23.7 Å². The second-order valence-electron chi connectivity index (χ2n) is 6.89. The summed E-state index contributed by atoms with van der Waals surface area (Å²) in [6.07, 6.45) is 0.214. The van der Waals surface area contributed by atoms with Crippen molar-refractivity contribution in [2.24, 2.45) is 0 Å². The first kappa shape index (κ1) is 19.6. The van der Waals surface area contributed by atoms with Gasteiger partial charge >= 0.3 is 12.0 Å². The molecule has 0 aliphatic carbocycles. The third-order valence-electron chi connectivity index (χ3n) is 5.08. The van der Waals surface area contributed by atoms with Crippen LogP contribution in [0.4, 0.5) is 9.18 Å². The normalized spacial score (nSPS) is 19.8. The number of benzene rings is 2. The zero-order chi connectivity index (χ0) is 21.3. The van der Waals surface area contributed by atoms with Gasteiger partial charge in [-0.25, -0.2) is 9.18 Å². The Labute approximate surface area is 170 Å². The summed E-state index contributed by atoms with van der Waals surface area (Å²) >= 11 is 0. The number of nitrogens with zero attached hydrogens (tertiary/aromatic N) is 1. The molecule has 30 heavy (non-hydrogen) atoms. The molecular formula is C21H17FN2O6. The molecule has 0 saturated carbocycles. The largest absolute Gasteiger partial charge is 0.493 e. The van der Waals surface area contributed by atoms with Crippen LogP contribution in [-0.4, -0.2) is 48.3 Å². The highest BCUT2D eigenvalue weighted by atomic mass is 19.1. The lowest BCUT2D eigenvalue weighted by Gasteiger charge is -2.33. The monoisotopic (exact) mass is 412 g/mol. The van der Waals surface area contributed by atoms with Gasteiger partial charge < -0.3 is 14.8 Å². The number of halogens is 1. The molecule has 0 bridgehead atoms. The highest BCUT2D eigenvalue weighted by molar-refractivity contribution is 6.09. The molecule has 4 rings (SSSR count). The van der Waals surface area contributed by atoms with Crippen molar-refractivity contribution in [3.05, 3.63) is 65.5 Å². The number of carbonyl (C=O) groups excluding carboxylic acids is 4. The minimum absolute atomic E-state index is 0.210. The van der Waals surface area contributed by atoms with Crippen molar-refractivity contribution in [1.29, 1.82) is 0 Å². The van der Waals surface area contributed by atoms with E-state index in [1.165, 1.54) is 18.2 Å². The molecule has 2 aliphatic rings. The van der Waals surface area contributed by atoms with Gasteiger partial charge in [0.1, 0.15) is 18.1 Å². The number of hydrogen-bond donors (Lipinski definition) is 1. The summed E-state index contributed by atoms with van der Waals surface area (Å²) in [4.78, 5) is 50.4. The maximum absolute atomic E-state index is 13.6. The summed E-state index contributed by atoms with van der Waals surface area (Å²) in [6.45, 7) is -1.15. The first-order chi connectivity index (χ1) is 14.4. The maximum Gasteiger partial charge on any atom is 0.326 e. The predicted molar refractivity (Wildman–Crippen MR) is 100 cm³/mol. The highest BCUT2D eigenvalue weighted by Gasteiger charge is 2.55. The maximum atomic E-state index is 13.6. The van der Waals surface area contributed by atoms with Crippen molar-refractivity contribution in [2.45, 2.75) is 12.0 Å². The molecule has 2 heterocycles. The molecule has 1 spiro atoms. The van der Waals surface area contributed by atoms with Crippen LogP contribution in [-0.2, 0) is 19.9 Å². The lowest BCUT2D eigenvalue weighted by molar-refractivity contribution is -0.147. The Bertz CT molecular complexity index is 1060. The number of esters is 1. The number of urea groups is 1. The molecule has 154 valence electrons. The smallest absolute Gasteiger partial charge is 0.326 e. The van der Waals surface area contributed by atoms with Crippen LogP contribution in [0.25, 0.3) is 0 Å². The molecule has 3 amide bonds. The van der Waals surface area contributed by atoms with Crippen LogP contribution in [0.5, 0.6) is 5.75 Å². The number of rotatable bonds is 5.